The van der Waals surface area contributed by atoms with Gasteiger partial charge in [0.05, 0.1) is 5.92 Å². The van der Waals surface area contributed by atoms with Gasteiger partial charge >= 0.3 is 5.97 Å². The van der Waals surface area contributed by atoms with Crippen molar-refractivity contribution in [3.05, 3.63) is 0 Å². The van der Waals surface area contributed by atoms with E-state index in [4.69, 9.17) is 4.74 Å². The highest BCUT2D eigenvalue weighted by Crippen LogP contribution is 2.58. The number of fused-ring (bicyclic) bond motifs is 3. The van der Waals surface area contributed by atoms with Gasteiger partial charge in [0.25, 0.3) is 0 Å². The fraction of sp³-hybridized carbons (Fsp3) is 0.826. The number of ketones is 2. The predicted octanol–water partition coefficient (Wildman–Crippen LogP) is 3.07. The average Bonchev–Trinajstić information content (AvgIpc) is 2.90. The second-order valence-corrected chi connectivity index (χ2v) is 10.0. The lowest BCUT2D eigenvalue weighted by Gasteiger charge is -2.48. The van der Waals surface area contributed by atoms with E-state index in [0.29, 0.717) is 25.7 Å². The van der Waals surface area contributed by atoms with Gasteiger partial charge in [0.2, 0.25) is 5.91 Å². The van der Waals surface area contributed by atoms with Gasteiger partial charge in [-0.1, -0.05) is 6.92 Å². The third-order valence-corrected chi connectivity index (χ3v) is 8.20. The maximum absolute atomic E-state index is 13.3. The highest BCUT2D eigenvalue weighted by molar-refractivity contribution is 5.95. The number of piperidine rings is 1. The van der Waals surface area contributed by atoms with Gasteiger partial charge in [0.15, 0.2) is 0 Å². The Balaban J connectivity index is 1.56. The first-order chi connectivity index (χ1) is 13.7. The molecule has 4 rings (SSSR count). The summed E-state index contributed by atoms with van der Waals surface area (Å²) in [4.78, 5) is 52.9. The van der Waals surface area contributed by atoms with Crippen LogP contribution in [0.15, 0.2) is 0 Å². The summed E-state index contributed by atoms with van der Waals surface area (Å²) in [7, 11) is 0. The molecule has 2 aliphatic carbocycles. The number of hydrogen-bond acceptors (Lipinski definition) is 5. The molecule has 2 saturated carbocycles. The molecule has 1 unspecified atom stereocenters. The average molecular weight is 404 g/mol. The Labute approximate surface area is 172 Å². The Hall–Kier alpha value is -1.72. The summed E-state index contributed by atoms with van der Waals surface area (Å²) >= 11 is 0. The van der Waals surface area contributed by atoms with Gasteiger partial charge in [-0.2, -0.15) is 0 Å². The number of nitrogens with zero attached hydrogens (tertiary/aromatic N) is 1. The molecule has 4 fully saturated rings. The molecule has 6 nitrogen and oxygen atoms in total. The lowest BCUT2D eigenvalue weighted by Crippen LogP contribution is -2.54. The standard InChI is InChI=1S/C23H33NO5/c1-22-14-17(25)21-15(16(22)7-8-18(22)26)6-9-20(28)29-23(21,2)11-10-19(27)24-12-4-3-5-13-24/h15-16,21H,3-14H2,1-2H3/t15-,16?,21+,22-,23+/m0/s1. The molecule has 0 spiro atoms. The summed E-state index contributed by atoms with van der Waals surface area (Å²) in [6, 6.07) is 0. The lowest BCUT2D eigenvalue weighted by molar-refractivity contribution is -0.172. The highest BCUT2D eigenvalue weighted by Gasteiger charge is 2.61. The van der Waals surface area contributed by atoms with E-state index in [1.54, 1.807) is 0 Å². The van der Waals surface area contributed by atoms with Crippen LogP contribution in [-0.2, 0) is 23.9 Å². The summed E-state index contributed by atoms with van der Waals surface area (Å²) < 4.78 is 5.87. The molecule has 2 saturated heterocycles. The Morgan fingerprint density at radius 1 is 1.07 bits per heavy atom. The number of ether oxygens (including phenoxy) is 1. The van der Waals surface area contributed by atoms with Crippen LogP contribution in [0.5, 0.6) is 0 Å². The Morgan fingerprint density at radius 3 is 2.52 bits per heavy atom. The van der Waals surface area contributed by atoms with E-state index in [2.05, 4.69) is 0 Å². The zero-order chi connectivity index (χ0) is 20.8. The fourth-order valence-electron chi connectivity index (χ4n) is 6.64. The van der Waals surface area contributed by atoms with Crippen molar-refractivity contribution in [3.63, 3.8) is 0 Å². The third kappa shape index (κ3) is 3.53. The largest absolute Gasteiger partial charge is 0.459 e. The van der Waals surface area contributed by atoms with Crippen molar-refractivity contribution >= 4 is 23.4 Å². The summed E-state index contributed by atoms with van der Waals surface area (Å²) in [6.07, 6.45) is 6.34. The molecule has 1 amide bonds. The first-order valence-electron chi connectivity index (χ1n) is 11.3. The maximum atomic E-state index is 13.3. The number of carbonyl (C=O) groups is 4. The van der Waals surface area contributed by atoms with E-state index in [-0.39, 0.29) is 48.1 Å². The number of cyclic esters (lactones) is 1. The normalized spacial score (nSPS) is 40.1. The van der Waals surface area contributed by atoms with Crippen LogP contribution in [0.2, 0.25) is 0 Å². The van der Waals surface area contributed by atoms with Crippen molar-refractivity contribution in [2.24, 2.45) is 23.2 Å². The van der Waals surface area contributed by atoms with Crippen LogP contribution >= 0.6 is 0 Å². The van der Waals surface area contributed by atoms with E-state index < -0.39 is 16.9 Å². The van der Waals surface area contributed by atoms with Crippen molar-refractivity contribution in [2.45, 2.75) is 83.7 Å². The van der Waals surface area contributed by atoms with Crippen molar-refractivity contribution in [1.29, 1.82) is 0 Å². The third-order valence-electron chi connectivity index (χ3n) is 8.20. The van der Waals surface area contributed by atoms with Gasteiger partial charge in [-0.25, -0.2) is 0 Å². The molecule has 0 aromatic rings. The molecule has 5 atom stereocenters. The molecule has 0 N–H and O–H groups in total. The molecule has 0 bridgehead atoms. The molecular formula is C23H33NO5. The Bertz CT molecular complexity index is 727. The number of hydrogen-bond donors (Lipinski definition) is 0. The zero-order valence-corrected chi connectivity index (χ0v) is 17.7. The molecule has 29 heavy (non-hydrogen) atoms. The van der Waals surface area contributed by atoms with E-state index in [0.717, 1.165) is 38.8 Å². The van der Waals surface area contributed by atoms with Gasteiger partial charge in [0, 0.05) is 44.2 Å². The van der Waals surface area contributed by atoms with E-state index >= 15 is 0 Å². The number of esters is 1. The number of amides is 1. The summed E-state index contributed by atoms with van der Waals surface area (Å²) in [5.74, 6) is -0.275. The second kappa shape index (κ2) is 7.51. The molecule has 160 valence electrons. The summed E-state index contributed by atoms with van der Waals surface area (Å²) in [5.41, 5.74) is -1.55. The number of likely N-dealkylation sites (tertiary alicyclic amines) is 1. The van der Waals surface area contributed by atoms with Gasteiger partial charge < -0.3 is 9.64 Å². The number of Topliss-reactive ketones (excluding diaryl/α,β-unsaturated/α-hetero) is 2. The van der Waals surface area contributed by atoms with E-state index in [1.807, 2.05) is 18.7 Å². The van der Waals surface area contributed by atoms with Crippen LogP contribution in [0.3, 0.4) is 0 Å². The van der Waals surface area contributed by atoms with Crippen molar-refractivity contribution < 1.29 is 23.9 Å². The number of rotatable bonds is 3. The molecule has 4 aliphatic rings. The van der Waals surface area contributed by atoms with Crippen LogP contribution in [0.4, 0.5) is 0 Å². The van der Waals surface area contributed by atoms with Crippen molar-refractivity contribution in [1.82, 2.24) is 4.90 Å². The van der Waals surface area contributed by atoms with Gasteiger partial charge in [-0.3, -0.25) is 19.2 Å². The zero-order valence-electron chi connectivity index (χ0n) is 17.7. The van der Waals surface area contributed by atoms with Crippen molar-refractivity contribution in [3.8, 4) is 0 Å². The molecule has 2 heterocycles. The Kier molecular flexibility index (Phi) is 5.32. The van der Waals surface area contributed by atoms with Crippen molar-refractivity contribution in [2.75, 3.05) is 13.1 Å². The first-order valence-corrected chi connectivity index (χ1v) is 11.3. The molecule has 0 radical (unpaired) electrons. The second-order valence-electron chi connectivity index (χ2n) is 10.0. The predicted molar refractivity (Wildman–Crippen MR) is 106 cm³/mol. The molecule has 6 heteroatoms. The number of carbonyl (C=O) groups excluding carboxylic acids is 4. The summed E-state index contributed by atoms with van der Waals surface area (Å²) in [6.45, 7) is 5.37. The van der Waals surface area contributed by atoms with Crippen LogP contribution in [0, 0.1) is 23.2 Å². The van der Waals surface area contributed by atoms with Gasteiger partial charge in [-0.15, -0.1) is 0 Å². The first kappa shape index (κ1) is 20.5. The quantitative estimate of drug-likeness (QED) is 0.677. The molecule has 2 aliphatic heterocycles. The monoisotopic (exact) mass is 403 g/mol. The fourth-order valence-corrected chi connectivity index (χ4v) is 6.64. The van der Waals surface area contributed by atoms with Crippen LogP contribution in [0.1, 0.15) is 78.1 Å². The van der Waals surface area contributed by atoms with Gasteiger partial charge in [-0.05, 0) is 57.3 Å². The van der Waals surface area contributed by atoms with E-state index in [1.165, 1.54) is 0 Å². The minimum absolute atomic E-state index is 0.0192. The SMILES string of the molecule is C[C@]1(CCC(=O)N2CCCCC2)OC(=O)CC[C@H]2C3CCC(=O)[C@@]3(C)CC(=O)[C@@H]21. The van der Waals surface area contributed by atoms with Crippen LogP contribution in [0.25, 0.3) is 0 Å². The smallest absolute Gasteiger partial charge is 0.306 e. The van der Waals surface area contributed by atoms with E-state index in [9.17, 15) is 19.2 Å². The molecule has 0 aromatic heterocycles. The van der Waals surface area contributed by atoms with Crippen LogP contribution < -0.4 is 0 Å². The van der Waals surface area contributed by atoms with Crippen LogP contribution in [-0.4, -0.2) is 47.0 Å². The summed E-state index contributed by atoms with van der Waals surface area (Å²) in [5, 5.41) is 0. The Morgan fingerprint density at radius 2 is 1.79 bits per heavy atom. The maximum Gasteiger partial charge on any atom is 0.306 e. The minimum Gasteiger partial charge on any atom is -0.459 e. The topological polar surface area (TPSA) is 80.8 Å². The van der Waals surface area contributed by atoms with Gasteiger partial charge in [0.1, 0.15) is 17.2 Å². The molecular weight excluding hydrogens is 370 g/mol. The lowest BCUT2D eigenvalue weighted by atomic mass is 9.55. The minimum atomic E-state index is -0.965. The highest BCUT2D eigenvalue weighted by atomic mass is 16.6. The molecule has 0 aromatic carbocycles.